The second kappa shape index (κ2) is 6.78. The van der Waals surface area contributed by atoms with Crippen LogP contribution >= 0.6 is 22.7 Å². The van der Waals surface area contributed by atoms with Gasteiger partial charge in [0.05, 0.1) is 23.3 Å². The summed E-state index contributed by atoms with van der Waals surface area (Å²) in [4.78, 5) is 8.23. The van der Waals surface area contributed by atoms with Gasteiger partial charge >= 0.3 is 0 Å². The topological polar surface area (TPSA) is 37.4 Å². The Morgan fingerprint density at radius 3 is 3.25 bits per heavy atom. The summed E-state index contributed by atoms with van der Waals surface area (Å²) in [5, 5.41) is 8.79. The average Bonchev–Trinajstić information content (AvgIpc) is 3.09. The Balaban J connectivity index is 1.47. The standard InChI is InChI=1S/C14H19N3OS2/c1-17-4-5-18-12(9-17)8-15-7-11-10-20-14(16-11)13-3-2-6-19-13/h2-3,6,10,12,15H,4-5,7-9H2,1H3/t12-/m1/s1. The molecular formula is C14H19N3OS2. The minimum Gasteiger partial charge on any atom is -0.374 e. The lowest BCUT2D eigenvalue weighted by molar-refractivity contribution is -0.0182. The molecule has 0 radical (unpaired) electrons. The maximum Gasteiger partial charge on any atom is 0.133 e. The first-order valence-corrected chi connectivity index (χ1v) is 8.56. The maximum absolute atomic E-state index is 5.73. The van der Waals surface area contributed by atoms with Gasteiger partial charge in [-0.3, -0.25) is 0 Å². The Morgan fingerprint density at radius 2 is 2.45 bits per heavy atom. The summed E-state index contributed by atoms with van der Waals surface area (Å²) in [5.41, 5.74) is 1.11. The Kier molecular flexibility index (Phi) is 4.80. The van der Waals surface area contributed by atoms with Crippen LogP contribution in [0.1, 0.15) is 5.69 Å². The molecule has 0 amide bonds. The molecule has 1 aliphatic heterocycles. The molecule has 108 valence electrons. The summed E-state index contributed by atoms with van der Waals surface area (Å²) >= 11 is 3.45. The van der Waals surface area contributed by atoms with Crippen molar-refractivity contribution >= 4 is 22.7 Å². The molecule has 2 aromatic heterocycles. The van der Waals surface area contributed by atoms with E-state index in [0.717, 1.165) is 43.5 Å². The Bertz CT molecular complexity index is 526. The predicted octanol–water partition coefficient (Wildman–Crippen LogP) is 2.29. The van der Waals surface area contributed by atoms with Crippen LogP contribution in [0.5, 0.6) is 0 Å². The van der Waals surface area contributed by atoms with Crippen molar-refractivity contribution in [2.75, 3.05) is 33.3 Å². The van der Waals surface area contributed by atoms with Gasteiger partial charge in [0.2, 0.25) is 0 Å². The summed E-state index contributed by atoms with van der Waals surface area (Å²) in [6.45, 7) is 4.57. The van der Waals surface area contributed by atoms with E-state index >= 15 is 0 Å². The number of thiazole rings is 1. The quantitative estimate of drug-likeness (QED) is 0.919. The number of likely N-dealkylation sites (N-methyl/N-ethyl adjacent to an activating group) is 1. The second-order valence-corrected chi connectivity index (χ2v) is 6.81. The zero-order valence-corrected chi connectivity index (χ0v) is 13.2. The number of ether oxygens (including phenoxy) is 1. The van der Waals surface area contributed by atoms with Crippen LogP contribution in [-0.2, 0) is 11.3 Å². The Hall–Kier alpha value is -0.790. The Morgan fingerprint density at radius 1 is 1.50 bits per heavy atom. The Labute approximate surface area is 127 Å². The van der Waals surface area contributed by atoms with Crippen LogP contribution in [-0.4, -0.2) is 49.3 Å². The van der Waals surface area contributed by atoms with Crippen molar-refractivity contribution < 1.29 is 4.74 Å². The fourth-order valence-electron chi connectivity index (χ4n) is 2.25. The molecule has 20 heavy (non-hydrogen) atoms. The first-order chi connectivity index (χ1) is 9.81. The lowest BCUT2D eigenvalue weighted by Crippen LogP contribution is -2.44. The van der Waals surface area contributed by atoms with Gasteiger partial charge in [-0.15, -0.1) is 22.7 Å². The van der Waals surface area contributed by atoms with E-state index in [4.69, 9.17) is 4.74 Å². The SMILES string of the molecule is CN1CCO[C@H](CNCc2csc(-c3cccs3)n2)C1. The summed E-state index contributed by atoms with van der Waals surface area (Å²) in [6, 6.07) is 4.18. The number of nitrogens with zero attached hydrogens (tertiary/aromatic N) is 2. The number of hydrogen-bond acceptors (Lipinski definition) is 6. The molecule has 3 heterocycles. The normalized spacial score (nSPS) is 20.4. The smallest absolute Gasteiger partial charge is 0.133 e. The van der Waals surface area contributed by atoms with Gasteiger partial charge in [-0.05, 0) is 18.5 Å². The highest BCUT2D eigenvalue weighted by Crippen LogP contribution is 2.27. The zero-order chi connectivity index (χ0) is 13.8. The predicted molar refractivity (Wildman–Crippen MR) is 84.4 cm³/mol. The first-order valence-electron chi connectivity index (χ1n) is 6.80. The van der Waals surface area contributed by atoms with E-state index in [1.54, 1.807) is 22.7 Å². The lowest BCUT2D eigenvalue weighted by atomic mass is 10.3. The van der Waals surface area contributed by atoms with Gasteiger partial charge < -0.3 is 15.0 Å². The van der Waals surface area contributed by atoms with Crippen LogP contribution in [0.3, 0.4) is 0 Å². The molecule has 3 rings (SSSR count). The van der Waals surface area contributed by atoms with Crippen molar-refractivity contribution in [3.63, 3.8) is 0 Å². The van der Waals surface area contributed by atoms with E-state index in [1.807, 2.05) is 0 Å². The first kappa shape index (κ1) is 14.2. The summed E-state index contributed by atoms with van der Waals surface area (Å²) in [5.74, 6) is 0. The van der Waals surface area contributed by atoms with Crippen LogP contribution in [0.25, 0.3) is 9.88 Å². The van der Waals surface area contributed by atoms with E-state index < -0.39 is 0 Å². The molecule has 1 fully saturated rings. The van der Waals surface area contributed by atoms with Crippen molar-refractivity contribution in [2.45, 2.75) is 12.6 Å². The van der Waals surface area contributed by atoms with Gasteiger partial charge in [-0.2, -0.15) is 0 Å². The van der Waals surface area contributed by atoms with Crippen molar-refractivity contribution in [2.24, 2.45) is 0 Å². The van der Waals surface area contributed by atoms with Crippen LogP contribution in [0, 0.1) is 0 Å². The fourth-order valence-corrected chi connectivity index (χ4v) is 3.89. The zero-order valence-electron chi connectivity index (χ0n) is 11.5. The molecule has 1 saturated heterocycles. The van der Waals surface area contributed by atoms with E-state index in [0.29, 0.717) is 6.10 Å². The maximum atomic E-state index is 5.73. The molecule has 1 aliphatic rings. The van der Waals surface area contributed by atoms with E-state index in [1.165, 1.54) is 4.88 Å². The molecule has 1 atom stereocenters. The molecule has 0 saturated carbocycles. The minimum absolute atomic E-state index is 0.296. The van der Waals surface area contributed by atoms with E-state index in [9.17, 15) is 0 Å². The number of thiophene rings is 1. The van der Waals surface area contributed by atoms with Crippen LogP contribution in [0.15, 0.2) is 22.9 Å². The highest BCUT2D eigenvalue weighted by Gasteiger charge is 2.17. The lowest BCUT2D eigenvalue weighted by Gasteiger charge is -2.30. The molecule has 6 heteroatoms. The third-order valence-corrected chi connectivity index (χ3v) is 5.23. The minimum atomic E-state index is 0.296. The van der Waals surface area contributed by atoms with Gasteiger partial charge in [0.15, 0.2) is 0 Å². The van der Waals surface area contributed by atoms with E-state index in [-0.39, 0.29) is 0 Å². The number of aromatic nitrogens is 1. The van der Waals surface area contributed by atoms with Crippen LogP contribution < -0.4 is 5.32 Å². The third-order valence-electron chi connectivity index (χ3n) is 3.30. The van der Waals surface area contributed by atoms with Crippen LogP contribution in [0.4, 0.5) is 0 Å². The van der Waals surface area contributed by atoms with Gasteiger partial charge in [-0.25, -0.2) is 4.98 Å². The molecule has 1 N–H and O–H groups in total. The van der Waals surface area contributed by atoms with Gasteiger partial charge in [0.25, 0.3) is 0 Å². The van der Waals surface area contributed by atoms with Crippen molar-refractivity contribution in [1.82, 2.24) is 15.2 Å². The third kappa shape index (κ3) is 3.65. The number of hydrogen-bond donors (Lipinski definition) is 1. The highest BCUT2D eigenvalue weighted by atomic mass is 32.1. The van der Waals surface area contributed by atoms with E-state index in [2.05, 4.69) is 45.1 Å². The molecule has 0 bridgehead atoms. The van der Waals surface area contributed by atoms with Crippen molar-refractivity contribution in [1.29, 1.82) is 0 Å². The number of morpholine rings is 1. The van der Waals surface area contributed by atoms with Gasteiger partial charge in [0.1, 0.15) is 5.01 Å². The number of nitrogens with one attached hydrogen (secondary N) is 1. The van der Waals surface area contributed by atoms with Gasteiger partial charge in [0, 0.05) is 31.6 Å². The molecule has 0 aromatic carbocycles. The molecule has 0 aliphatic carbocycles. The fraction of sp³-hybridized carbons (Fsp3) is 0.500. The van der Waals surface area contributed by atoms with Crippen LogP contribution in [0.2, 0.25) is 0 Å². The molecule has 4 nitrogen and oxygen atoms in total. The molecular weight excluding hydrogens is 290 g/mol. The molecule has 0 spiro atoms. The van der Waals surface area contributed by atoms with Crippen molar-refractivity contribution in [3.05, 3.63) is 28.6 Å². The summed E-state index contributed by atoms with van der Waals surface area (Å²) < 4.78 is 5.73. The average molecular weight is 309 g/mol. The summed E-state index contributed by atoms with van der Waals surface area (Å²) in [7, 11) is 2.14. The summed E-state index contributed by atoms with van der Waals surface area (Å²) in [6.07, 6.45) is 0.296. The monoisotopic (exact) mass is 309 g/mol. The highest BCUT2D eigenvalue weighted by molar-refractivity contribution is 7.20. The number of rotatable bonds is 5. The largest absolute Gasteiger partial charge is 0.374 e. The van der Waals surface area contributed by atoms with Gasteiger partial charge in [-0.1, -0.05) is 6.07 Å². The molecule has 2 aromatic rings. The molecule has 0 unspecified atom stereocenters. The second-order valence-electron chi connectivity index (χ2n) is 5.01. The van der Waals surface area contributed by atoms with Crippen molar-refractivity contribution in [3.8, 4) is 9.88 Å².